The molecule has 0 aliphatic carbocycles. The number of aliphatic hydroxyl groups excluding tert-OH is 1. The van der Waals surface area contributed by atoms with E-state index < -0.39 is 28.7 Å². The molecular formula is C26H35BrN6O4S. The van der Waals surface area contributed by atoms with Gasteiger partial charge in [0.2, 0.25) is 17.7 Å². The van der Waals surface area contributed by atoms with Gasteiger partial charge in [-0.15, -0.1) is 16.9 Å². The second kappa shape index (κ2) is 10.8. The van der Waals surface area contributed by atoms with Crippen molar-refractivity contribution in [1.29, 1.82) is 0 Å². The number of carbonyl (C=O) groups is 3. The van der Waals surface area contributed by atoms with Gasteiger partial charge in [0, 0.05) is 16.6 Å². The molecule has 3 aliphatic rings. The molecule has 3 N–H and O–H groups in total. The molecule has 4 heterocycles. The van der Waals surface area contributed by atoms with Crippen LogP contribution in [0.2, 0.25) is 0 Å². The van der Waals surface area contributed by atoms with Gasteiger partial charge in [0.05, 0.1) is 34.7 Å². The number of aliphatic hydroxyl groups is 1. The summed E-state index contributed by atoms with van der Waals surface area (Å²) in [7, 11) is 0. The number of hydrogen-bond donors (Lipinski definition) is 3. The summed E-state index contributed by atoms with van der Waals surface area (Å²) in [5.74, 6) is -1.82. The Morgan fingerprint density at radius 2 is 2.03 bits per heavy atom. The van der Waals surface area contributed by atoms with Gasteiger partial charge < -0.3 is 20.6 Å². The first-order valence-electron chi connectivity index (χ1n) is 13.4. The van der Waals surface area contributed by atoms with E-state index in [1.165, 1.54) is 0 Å². The first kappa shape index (κ1) is 27.4. The van der Waals surface area contributed by atoms with Gasteiger partial charge in [-0.2, -0.15) is 0 Å². The fourth-order valence-corrected chi connectivity index (χ4v) is 10.1. The third kappa shape index (κ3) is 4.23. The molecular weight excluding hydrogens is 572 g/mol. The number of para-hydroxylation sites is 1. The Hall–Kier alpha value is -2.18. The predicted octanol–water partition coefficient (Wildman–Crippen LogP) is 1.90. The summed E-state index contributed by atoms with van der Waals surface area (Å²) in [6.07, 6.45) is 2.13. The number of thioether (sulfide) groups is 1. The van der Waals surface area contributed by atoms with Gasteiger partial charge in [-0.3, -0.25) is 14.4 Å². The molecule has 3 fully saturated rings. The molecule has 1 spiro atoms. The topological polar surface area (TPSA) is 129 Å². The molecule has 38 heavy (non-hydrogen) atoms. The predicted molar refractivity (Wildman–Crippen MR) is 148 cm³/mol. The molecule has 1 aromatic carbocycles. The molecule has 2 aromatic rings. The van der Waals surface area contributed by atoms with Crippen molar-refractivity contribution in [3.63, 3.8) is 0 Å². The average Bonchev–Trinajstić information content (AvgIpc) is 3.63. The highest BCUT2D eigenvalue weighted by Gasteiger charge is 2.76. The van der Waals surface area contributed by atoms with Gasteiger partial charge in [-0.1, -0.05) is 60.5 Å². The van der Waals surface area contributed by atoms with E-state index in [2.05, 4.69) is 36.9 Å². The quantitative estimate of drug-likeness (QED) is 0.352. The minimum absolute atomic E-state index is 0.000360. The minimum Gasteiger partial charge on any atom is -0.394 e. The van der Waals surface area contributed by atoms with E-state index in [1.807, 2.05) is 45.0 Å². The van der Waals surface area contributed by atoms with Gasteiger partial charge in [-0.05, 0) is 30.9 Å². The lowest BCUT2D eigenvalue weighted by molar-refractivity contribution is -0.144. The Morgan fingerprint density at radius 3 is 2.74 bits per heavy atom. The number of fused-ring (bicyclic) bond motifs is 2. The molecule has 5 rings (SSSR count). The summed E-state index contributed by atoms with van der Waals surface area (Å²) in [4.78, 5) is 43.2. The number of rotatable bonds is 10. The highest BCUT2D eigenvalue weighted by atomic mass is 79.9. The fourth-order valence-electron chi connectivity index (χ4n) is 6.49. The molecule has 12 heteroatoms. The molecule has 10 nitrogen and oxygen atoms in total. The second-order valence-corrected chi connectivity index (χ2v) is 13.3. The summed E-state index contributed by atoms with van der Waals surface area (Å²) in [6.45, 7) is 6.37. The number of likely N-dealkylation sites (tertiary alicyclic amines) is 1. The maximum absolute atomic E-state index is 14.2. The van der Waals surface area contributed by atoms with Crippen LogP contribution in [0.1, 0.15) is 40.0 Å². The zero-order valence-corrected chi connectivity index (χ0v) is 24.2. The van der Waals surface area contributed by atoms with Crippen LogP contribution in [0.3, 0.4) is 0 Å². The van der Waals surface area contributed by atoms with E-state index in [1.54, 1.807) is 21.3 Å². The minimum atomic E-state index is -0.819. The molecule has 1 aromatic heterocycles. The molecule has 3 amide bonds. The lowest BCUT2D eigenvalue weighted by Gasteiger charge is -2.39. The van der Waals surface area contributed by atoms with Crippen LogP contribution >= 0.6 is 27.7 Å². The van der Waals surface area contributed by atoms with Crippen molar-refractivity contribution < 1.29 is 19.5 Å². The van der Waals surface area contributed by atoms with E-state index >= 15 is 0 Å². The molecule has 206 valence electrons. The number of nitrogens with zero attached hydrogens (tertiary/aromatic N) is 4. The largest absolute Gasteiger partial charge is 0.394 e. The van der Waals surface area contributed by atoms with E-state index in [-0.39, 0.29) is 47.0 Å². The third-order valence-electron chi connectivity index (χ3n) is 8.50. The first-order chi connectivity index (χ1) is 18.3. The van der Waals surface area contributed by atoms with Gasteiger partial charge in [0.15, 0.2) is 0 Å². The van der Waals surface area contributed by atoms with Crippen LogP contribution in [-0.2, 0) is 21.1 Å². The lowest BCUT2D eigenvalue weighted by Crippen LogP contribution is -2.58. The van der Waals surface area contributed by atoms with Crippen molar-refractivity contribution in [2.24, 2.45) is 17.8 Å². The Kier molecular flexibility index (Phi) is 7.76. The second-order valence-electron chi connectivity index (χ2n) is 10.6. The SMILES string of the molecule is CCCNC(=O)[C@H]1[C@@H]2SC3(CC2Br)C(C(=O)NCn2nnc4ccccc42)N([C@@H](CO)[C@@H](C)CC)C(=O)[C@H]13. The van der Waals surface area contributed by atoms with Crippen LogP contribution in [0, 0.1) is 17.8 Å². The van der Waals surface area contributed by atoms with Gasteiger partial charge in [-0.25, -0.2) is 4.68 Å². The summed E-state index contributed by atoms with van der Waals surface area (Å²) >= 11 is 5.38. The van der Waals surface area contributed by atoms with Crippen molar-refractivity contribution in [1.82, 2.24) is 30.5 Å². The first-order valence-corrected chi connectivity index (χ1v) is 15.2. The van der Waals surface area contributed by atoms with Gasteiger partial charge in [0.1, 0.15) is 18.2 Å². The van der Waals surface area contributed by atoms with Crippen LogP contribution in [0.25, 0.3) is 11.0 Å². The number of alkyl halides is 1. The Bertz CT molecular complexity index is 1230. The third-order valence-corrected chi connectivity index (χ3v) is 11.7. The molecule has 3 aliphatic heterocycles. The highest BCUT2D eigenvalue weighted by Crippen LogP contribution is 2.68. The van der Waals surface area contributed by atoms with Crippen LogP contribution < -0.4 is 10.6 Å². The maximum atomic E-state index is 14.2. The average molecular weight is 608 g/mol. The summed E-state index contributed by atoms with van der Waals surface area (Å²) in [6, 6.07) is 6.16. The Morgan fingerprint density at radius 1 is 1.26 bits per heavy atom. The van der Waals surface area contributed by atoms with Crippen molar-refractivity contribution in [3.8, 4) is 0 Å². The Balaban J connectivity index is 1.50. The monoisotopic (exact) mass is 606 g/mol. The number of halogens is 1. The van der Waals surface area contributed by atoms with Crippen molar-refractivity contribution in [2.45, 2.75) is 73.6 Å². The van der Waals surface area contributed by atoms with E-state index in [4.69, 9.17) is 0 Å². The van der Waals surface area contributed by atoms with Crippen LogP contribution in [0.15, 0.2) is 24.3 Å². The van der Waals surface area contributed by atoms with E-state index in [9.17, 15) is 19.5 Å². The van der Waals surface area contributed by atoms with Crippen molar-refractivity contribution in [2.75, 3.05) is 13.2 Å². The number of nitrogens with one attached hydrogen (secondary N) is 2. The number of benzene rings is 1. The number of carbonyl (C=O) groups excluding carboxylic acids is 3. The fraction of sp³-hybridized carbons (Fsp3) is 0.654. The van der Waals surface area contributed by atoms with Crippen LogP contribution in [0.4, 0.5) is 0 Å². The molecule has 0 radical (unpaired) electrons. The lowest BCUT2D eigenvalue weighted by atomic mass is 9.70. The summed E-state index contributed by atoms with van der Waals surface area (Å²) in [5, 5.41) is 24.7. The maximum Gasteiger partial charge on any atom is 0.245 e. The zero-order valence-electron chi connectivity index (χ0n) is 21.8. The summed E-state index contributed by atoms with van der Waals surface area (Å²) in [5.41, 5.74) is 1.52. The van der Waals surface area contributed by atoms with Crippen LogP contribution in [-0.4, -0.2) is 82.8 Å². The molecule has 2 bridgehead atoms. The van der Waals surface area contributed by atoms with Gasteiger partial charge >= 0.3 is 0 Å². The van der Waals surface area contributed by atoms with E-state index in [0.29, 0.717) is 13.0 Å². The number of aromatic nitrogens is 3. The van der Waals surface area contributed by atoms with Crippen LogP contribution in [0.5, 0.6) is 0 Å². The molecule has 3 unspecified atom stereocenters. The van der Waals surface area contributed by atoms with Crippen molar-refractivity contribution >= 4 is 56.4 Å². The van der Waals surface area contributed by atoms with Crippen molar-refractivity contribution in [3.05, 3.63) is 24.3 Å². The molecule has 0 saturated carbocycles. The standard InChI is InChI=1S/C26H35BrN6O4S/c1-4-10-28-23(35)19-20-25(37)33(18(12-34)14(3)5-2)22(26(20)11-15(27)21(19)38-26)24(36)29-13-32-17-9-7-6-8-16(17)30-31-32/h6-9,14-15,18-22,34H,4-5,10-13H2,1-3H3,(H,28,35)(H,29,36)/t14-,15?,18-,19+,20-,21+,22?,26?/m0/s1. The van der Waals surface area contributed by atoms with Gasteiger partial charge in [0.25, 0.3) is 0 Å². The Labute approximate surface area is 234 Å². The zero-order chi connectivity index (χ0) is 27.2. The summed E-state index contributed by atoms with van der Waals surface area (Å²) < 4.78 is 0.856. The molecule has 3 saturated heterocycles. The molecule has 8 atom stereocenters. The van der Waals surface area contributed by atoms with E-state index in [0.717, 1.165) is 23.9 Å². The number of hydrogen-bond acceptors (Lipinski definition) is 7. The highest BCUT2D eigenvalue weighted by molar-refractivity contribution is 9.09. The number of amides is 3. The smallest absolute Gasteiger partial charge is 0.245 e. The normalized spacial score (nSPS) is 31.4.